The Morgan fingerprint density at radius 2 is 0.500 bits per heavy atom. The second kappa shape index (κ2) is 33.0. The van der Waals surface area contributed by atoms with E-state index in [2.05, 4.69) is 442 Å². The Hall–Kier alpha value is -14.1. The van der Waals surface area contributed by atoms with Crippen molar-refractivity contribution >= 4 is 191 Å². The van der Waals surface area contributed by atoms with Crippen molar-refractivity contribution in [3.8, 4) is 33.6 Å². The van der Waals surface area contributed by atoms with Crippen molar-refractivity contribution in [1.29, 1.82) is 0 Å². The van der Waals surface area contributed by atoms with Crippen LogP contribution in [0.4, 0.5) is 62.6 Å². The molecule has 0 aliphatic rings. The molecule has 0 aliphatic heterocycles. The Bertz CT molecular complexity index is 7230. The average Bonchev–Trinajstić information content (AvgIpc) is 1.59. The summed E-state index contributed by atoms with van der Waals surface area (Å²) in [5.74, 6) is 0. The smallest absolute Gasteiger partial charge is 0.0547 e. The molecule has 4 aromatic heterocycles. The van der Waals surface area contributed by atoms with Crippen LogP contribution in [-0.4, -0.2) is 9.13 Å². The third-order valence-corrected chi connectivity index (χ3v) is 24.3. The molecule has 18 aromatic carbocycles. The summed E-state index contributed by atoms with van der Waals surface area (Å²) in [6.45, 7) is 0. The van der Waals surface area contributed by atoms with Gasteiger partial charge in [0.2, 0.25) is 0 Å². The first-order valence-corrected chi connectivity index (χ1v) is 41.4. The van der Waals surface area contributed by atoms with Gasteiger partial charge in [-0.25, -0.2) is 0 Å². The van der Waals surface area contributed by atoms with E-state index >= 15 is 0 Å². The van der Waals surface area contributed by atoms with Gasteiger partial charge in [0.25, 0.3) is 0 Å². The maximum Gasteiger partial charge on any atom is 0.0547 e. The predicted octanol–water partition coefficient (Wildman–Crippen LogP) is 32.5. The van der Waals surface area contributed by atoms with Crippen LogP contribution in [0.2, 0.25) is 5.02 Å². The van der Waals surface area contributed by atoms with E-state index in [-0.39, 0.29) is 9.90 Å². The van der Waals surface area contributed by atoms with E-state index in [0.29, 0.717) is 0 Å². The molecule has 0 saturated carbocycles. The second-order valence-electron chi connectivity index (χ2n) is 29.0. The number of hydrogen-bond donors (Lipinski definition) is 1. The molecule has 0 bridgehead atoms. The van der Waals surface area contributed by atoms with Crippen LogP contribution < -0.4 is 20.0 Å². The largest absolute Gasteiger partial charge is 0.577 e. The zero-order chi connectivity index (χ0) is 78.0. The van der Waals surface area contributed by atoms with Gasteiger partial charge in [-0.3, -0.25) is 0 Å². The molecule has 118 heavy (non-hydrogen) atoms. The molecule has 0 spiro atoms. The Morgan fingerprint density at radius 1 is 0.203 bits per heavy atom. The van der Waals surface area contributed by atoms with Crippen molar-refractivity contribution in [2.24, 2.45) is 0 Å². The van der Waals surface area contributed by atoms with Crippen LogP contribution in [0.15, 0.2) is 449 Å². The summed E-state index contributed by atoms with van der Waals surface area (Å²) in [6, 6.07) is 160. The number of benzene rings is 18. The molecule has 0 fully saturated rings. The van der Waals surface area contributed by atoms with Gasteiger partial charge in [0.1, 0.15) is 0 Å². The highest BCUT2D eigenvalue weighted by molar-refractivity contribution is 7.26. The van der Waals surface area contributed by atoms with E-state index < -0.39 is 0 Å². The molecule has 6 nitrogen and oxygen atoms in total. The maximum atomic E-state index is 6.31. The SMILES string of the molecule is Clc1ccc2sc3ccc(-c4ccc5c6ccccc6n(-c6ccccc6)c5c4)cc3c2c1.[PH2-].c1ccc(N(c2ccccc2)c2cccc(N(c3ccccc3)c3ccc4sc5ccc(-c6ccc7c8ccccc8n(-c8ccccc8)c7c6)cc5c4c3)c2)cc1.c1ccc(Nc2cccc(N(c3ccccc3)c3ccccc3)c2)cc1. The summed E-state index contributed by atoms with van der Waals surface area (Å²) < 4.78 is 9.88. The minimum absolute atomic E-state index is 0. The van der Waals surface area contributed by atoms with Crippen LogP contribution in [0.25, 0.3) is 118 Å². The van der Waals surface area contributed by atoms with E-state index in [1.54, 1.807) is 0 Å². The lowest BCUT2D eigenvalue weighted by Gasteiger charge is -2.29. The fraction of sp³-hybridized carbons (Fsp3) is 0. The molecule has 0 radical (unpaired) electrons. The van der Waals surface area contributed by atoms with Crippen LogP contribution in [-0.2, 0) is 0 Å². The lowest BCUT2D eigenvalue weighted by molar-refractivity contribution is 1.18. The zero-order valence-corrected chi connectivity index (χ0v) is 67.8. The summed E-state index contributed by atoms with van der Waals surface area (Å²) in [5.41, 5.74) is 24.2. The van der Waals surface area contributed by atoms with Crippen LogP contribution in [0, 0.1) is 0 Å². The molecule has 0 unspecified atom stereocenters. The molecule has 22 rings (SSSR count). The zero-order valence-electron chi connectivity index (χ0n) is 64.2. The van der Waals surface area contributed by atoms with Crippen LogP contribution in [0.3, 0.4) is 0 Å². The number of halogens is 1. The molecule has 0 aliphatic carbocycles. The van der Waals surface area contributed by atoms with Gasteiger partial charge < -0.3 is 39.0 Å². The van der Waals surface area contributed by atoms with E-state index in [0.717, 1.165) is 67.6 Å². The molecule has 1 N–H and O–H groups in total. The van der Waals surface area contributed by atoms with Crippen molar-refractivity contribution in [2.75, 3.05) is 20.0 Å². The molecule has 564 valence electrons. The van der Waals surface area contributed by atoms with Crippen molar-refractivity contribution in [1.82, 2.24) is 9.13 Å². The summed E-state index contributed by atoms with van der Waals surface area (Å²) in [4.78, 5) is 6.96. The first-order valence-electron chi connectivity index (χ1n) is 39.4. The molecular weight excluding hydrogens is 1510 g/mol. The average molecular weight is 1590 g/mol. The number of hydrogen-bond acceptors (Lipinski definition) is 6. The summed E-state index contributed by atoms with van der Waals surface area (Å²) in [6.07, 6.45) is 0. The van der Waals surface area contributed by atoms with Gasteiger partial charge >= 0.3 is 0 Å². The van der Waals surface area contributed by atoms with Gasteiger partial charge in [-0.15, -0.1) is 22.7 Å². The highest BCUT2D eigenvalue weighted by atomic mass is 35.5. The molecular formula is C108H77ClN6PS2-. The second-order valence-corrected chi connectivity index (χ2v) is 31.6. The van der Waals surface area contributed by atoms with E-state index in [1.807, 2.05) is 59.1 Å². The van der Waals surface area contributed by atoms with Gasteiger partial charge in [0.05, 0.1) is 22.1 Å². The lowest BCUT2D eigenvalue weighted by atomic mass is 10.0. The van der Waals surface area contributed by atoms with Gasteiger partial charge in [-0.05, 0) is 241 Å². The number of thiophene rings is 2. The van der Waals surface area contributed by atoms with E-state index in [9.17, 15) is 0 Å². The molecule has 0 atom stereocenters. The van der Waals surface area contributed by atoms with Gasteiger partial charge in [-0.1, -0.05) is 242 Å². The summed E-state index contributed by atoms with van der Waals surface area (Å²) >= 11 is 9.99. The van der Waals surface area contributed by atoms with Crippen molar-refractivity contribution in [3.63, 3.8) is 0 Å². The number of anilines is 11. The van der Waals surface area contributed by atoms with Gasteiger partial charge in [0.15, 0.2) is 0 Å². The van der Waals surface area contributed by atoms with E-state index in [4.69, 9.17) is 11.6 Å². The van der Waals surface area contributed by atoms with Crippen LogP contribution >= 0.6 is 44.2 Å². The number of aromatic nitrogens is 2. The molecule has 0 amide bonds. The predicted molar refractivity (Wildman–Crippen MR) is 513 cm³/mol. The fourth-order valence-electron chi connectivity index (χ4n) is 16.4. The Labute approximate surface area is 702 Å². The maximum absolute atomic E-state index is 6.31. The third-order valence-electron chi connectivity index (χ3n) is 21.8. The first kappa shape index (κ1) is 74.1. The van der Waals surface area contributed by atoms with Crippen molar-refractivity contribution in [2.45, 2.75) is 0 Å². The van der Waals surface area contributed by atoms with Gasteiger partial charge in [0, 0.05) is 141 Å². The minimum Gasteiger partial charge on any atom is -0.577 e. The number of nitrogens with zero attached hydrogens (tertiary/aromatic N) is 5. The topological polar surface area (TPSA) is 31.6 Å². The molecule has 0 saturated heterocycles. The van der Waals surface area contributed by atoms with Crippen LogP contribution in [0.1, 0.15) is 0 Å². The number of para-hydroxylation sites is 10. The molecule has 10 heteroatoms. The van der Waals surface area contributed by atoms with Crippen molar-refractivity contribution < 1.29 is 0 Å². The molecule has 4 heterocycles. The Morgan fingerprint density at radius 3 is 0.941 bits per heavy atom. The highest BCUT2D eigenvalue weighted by Crippen LogP contribution is 2.47. The standard InChI is InChI=1S/C54H37N3S.C30H18ClNS.C24H20N2.H2P/c1-5-16-40(17-6-1)55(41-18-7-2-8-19-41)44-24-15-25-45(36-44)56(42-20-9-3-10-21-42)46-30-33-54-50(37-46)49-34-38(29-32-53(49)58-54)39-28-31-48-47-26-13-14-27-51(47)57(52(48)35-39)43-22-11-4-12-23-43;31-21-12-15-30-26(18-21)25-16-19(11-14-29(25)33-30)20-10-13-24-23-8-4-5-9-27(23)32(28(24)17-20)22-6-2-1-3-7-22;1-4-11-20(12-5-1)25-21-13-10-18-24(19-21)26(22-14-6-2-7-15-22)23-16-8-3-9-17-23;/h1-37H;1-18H;1-19,25H;1H2/q;;;-1. The summed E-state index contributed by atoms with van der Waals surface area (Å²) in [5, 5.41) is 14.3. The Kier molecular flexibility index (Phi) is 20.7. The normalized spacial score (nSPS) is 11.2. The number of nitrogens with one attached hydrogen (secondary N) is 1. The summed E-state index contributed by atoms with van der Waals surface area (Å²) in [7, 11) is 0. The quantitative estimate of drug-likeness (QED) is 0.104. The first-order chi connectivity index (χ1) is 57.9. The molecule has 22 aromatic rings. The Balaban J connectivity index is 0.000000130. The fourth-order valence-corrected chi connectivity index (χ4v) is 18.7. The minimum atomic E-state index is 0. The van der Waals surface area contributed by atoms with Crippen LogP contribution in [0.5, 0.6) is 0 Å². The monoisotopic (exact) mass is 1590 g/mol. The number of fused-ring (bicyclic) bond motifs is 12. The highest BCUT2D eigenvalue weighted by Gasteiger charge is 2.22. The van der Waals surface area contributed by atoms with Gasteiger partial charge in [-0.2, -0.15) is 0 Å². The lowest BCUT2D eigenvalue weighted by Crippen LogP contribution is -2.13. The number of rotatable bonds is 15. The van der Waals surface area contributed by atoms with E-state index in [1.165, 1.54) is 118 Å². The van der Waals surface area contributed by atoms with Crippen molar-refractivity contribution in [3.05, 3.63) is 454 Å². The third kappa shape index (κ3) is 14.7.